The molecule has 1 aromatic carbocycles. The predicted molar refractivity (Wildman–Crippen MR) is 127 cm³/mol. The highest BCUT2D eigenvalue weighted by Crippen LogP contribution is 2.25. The van der Waals surface area contributed by atoms with Crippen molar-refractivity contribution >= 4 is 23.0 Å². The normalized spacial score (nSPS) is 16.8. The van der Waals surface area contributed by atoms with Crippen LogP contribution in [-0.2, 0) is 6.54 Å². The summed E-state index contributed by atoms with van der Waals surface area (Å²) >= 11 is 0. The first kappa shape index (κ1) is 22.8. The van der Waals surface area contributed by atoms with Crippen LogP contribution < -0.4 is 10.1 Å². The molecule has 1 saturated heterocycles. The lowest BCUT2D eigenvalue weighted by Gasteiger charge is -2.41. The Morgan fingerprint density at radius 1 is 1.18 bits per heavy atom. The molecule has 2 aromatic heterocycles. The number of nitrogens with zero attached hydrogens (tertiary/aromatic N) is 3. The summed E-state index contributed by atoms with van der Waals surface area (Å²) in [6.07, 6.45) is 1.63. The fourth-order valence-electron chi connectivity index (χ4n) is 4.26. The second-order valence-corrected chi connectivity index (χ2v) is 9.62. The van der Waals surface area contributed by atoms with Gasteiger partial charge in [0, 0.05) is 36.6 Å². The van der Waals surface area contributed by atoms with E-state index in [2.05, 4.69) is 5.32 Å². The number of hydrogen-bond donors (Lipinski definition) is 1. The van der Waals surface area contributed by atoms with Crippen molar-refractivity contribution in [3.8, 4) is 5.75 Å². The Balaban J connectivity index is 1.55. The average molecular weight is 453 g/mol. The van der Waals surface area contributed by atoms with Crippen LogP contribution in [0.25, 0.3) is 11.1 Å². The SMILES string of the molecule is COc1cccc(Cn2c(C(=O)N3CCN(C(=O)NC(C)(C)C)C(C)C3)cc3ccoc32)c1. The molecule has 1 fully saturated rings. The summed E-state index contributed by atoms with van der Waals surface area (Å²) in [7, 11) is 1.64. The van der Waals surface area contributed by atoms with Crippen molar-refractivity contribution in [2.45, 2.75) is 45.8 Å². The van der Waals surface area contributed by atoms with Crippen LogP contribution in [0.4, 0.5) is 4.79 Å². The second-order valence-electron chi connectivity index (χ2n) is 9.62. The molecule has 8 heteroatoms. The Morgan fingerprint density at radius 2 is 1.97 bits per heavy atom. The zero-order valence-electron chi connectivity index (χ0n) is 19.9. The minimum atomic E-state index is -0.307. The monoisotopic (exact) mass is 452 g/mol. The Kier molecular flexibility index (Phi) is 6.10. The zero-order valence-corrected chi connectivity index (χ0v) is 19.9. The molecule has 0 spiro atoms. The molecule has 1 aliphatic rings. The van der Waals surface area contributed by atoms with Crippen LogP contribution in [0.3, 0.4) is 0 Å². The molecule has 1 N–H and O–H groups in total. The molecule has 0 radical (unpaired) electrons. The maximum atomic E-state index is 13.6. The van der Waals surface area contributed by atoms with E-state index in [0.29, 0.717) is 37.6 Å². The molecule has 3 aromatic rings. The van der Waals surface area contributed by atoms with Crippen LogP contribution in [0.5, 0.6) is 5.75 Å². The molecule has 1 atom stereocenters. The number of nitrogens with one attached hydrogen (secondary N) is 1. The van der Waals surface area contributed by atoms with Crippen molar-refractivity contribution in [2.24, 2.45) is 0 Å². The number of amides is 3. The Bertz CT molecular complexity index is 1160. The quantitative estimate of drug-likeness (QED) is 0.650. The fraction of sp³-hybridized carbons (Fsp3) is 0.440. The van der Waals surface area contributed by atoms with E-state index in [4.69, 9.17) is 9.15 Å². The average Bonchev–Trinajstić information content (AvgIpc) is 3.34. The van der Waals surface area contributed by atoms with Crippen molar-refractivity contribution in [3.05, 3.63) is 53.9 Å². The van der Waals surface area contributed by atoms with Crippen LogP contribution >= 0.6 is 0 Å². The van der Waals surface area contributed by atoms with Gasteiger partial charge in [0.25, 0.3) is 5.91 Å². The Hall–Kier alpha value is -3.42. The Labute approximate surface area is 194 Å². The lowest BCUT2D eigenvalue weighted by Crippen LogP contribution is -2.59. The van der Waals surface area contributed by atoms with Gasteiger partial charge in [0.05, 0.1) is 19.9 Å². The summed E-state index contributed by atoms with van der Waals surface area (Å²) in [6, 6.07) is 11.3. The lowest BCUT2D eigenvalue weighted by molar-refractivity contribution is 0.0563. The van der Waals surface area contributed by atoms with E-state index in [1.54, 1.807) is 18.3 Å². The number of carbonyl (C=O) groups excluding carboxylic acids is 2. The molecule has 1 unspecified atom stereocenters. The number of carbonyl (C=O) groups is 2. The van der Waals surface area contributed by atoms with E-state index in [1.807, 2.05) is 73.6 Å². The number of hydrogen-bond acceptors (Lipinski definition) is 4. The van der Waals surface area contributed by atoms with Gasteiger partial charge < -0.3 is 28.8 Å². The van der Waals surface area contributed by atoms with Gasteiger partial charge in [-0.15, -0.1) is 0 Å². The zero-order chi connectivity index (χ0) is 23.8. The first-order chi connectivity index (χ1) is 15.7. The van der Waals surface area contributed by atoms with Gasteiger partial charge in [-0.2, -0.15) is 0 Å². The van der Waals surface area contributed by atoms with Gasteiger partial charge in [0.2, 0.25) is 5.71 Å². The number of aromatic nitrogens is 1. The van der Waals surface area contributed by atoms with Gasteiger partial charge >= 0.3 is 6.03 Å². The molecular weight excluding hydrogens is 420 g/mol. The summed E-state index contributed by atoms with van der Waals surface area (Å²) in [5, 5.41) is 3.90. The smallest absolute Gasteiger partial charge is 0.318 e. The van der Waals surface area contributed by atoms with Crippen LogP contribution in [0.15, 0.2) is 47.1 Å². The van der Waals surface area contributed by atoms with Crippen molar-refractivity contribution in [1.82, 2.24) is 19.7 Å². The third-order valence-corrected chi connectivity index (χ3v) is 5.85. The molecule has 0 aliphatic carbocycles. The number of ether oxygens (including phenoxy) is 1. The highest BCUT2D eigenvalue weighted by Gasteiger charge is 2.33. The van der Waals surface area contributed by atoms with Crippen molar-refractivity contribution in [1.29, 1.82) is 0 Å². The second kappa shape index (κ2) is 8.84. The Morgan fingerprint density at radius 3 is 2.67 bits per heavy atom. The maximum Gasteiger partial charge on any atom is 0.318 e. The minimum Gasteiger partial charge on any atom is -0.497 e. The van der Waals surface area contributed by atoms with Crippen molar-refractivity contribution < 1.29 is 18.7 Å². The number of piperazine rings is 1. The molecule has 3 amide bonds. The molecule has 3 heterocycles. The molecule has 0 bridgehead atoms. The van der Waals surface area contributed by atoms with E-state index in [-0.39, 0.29) is 23.5 Å². The summed E-state index contributed by atoms with van der Waals surface area (Å²) in [6.45, 7) is 9.78. The molecule has 8 nitrogen and oxygen atoms in total. The van der Waals surface area contributed by atoms with Crippen molar-refractivity contribution in [2.75, 3.05) is 26.7 Å². The predicted octanol–water partition coefficient (Wildman–Crippen LogP) is 3.95. The number of furan rings is 1. The van der Waals surface area contributed by atoms with E-state index >= 15 is 0 Å². The van der Waals surface area contributed by atoms with E-state index < -0.39 is 0 Å². The van der Waals surface area contributed by atoms with E-state index in [1.165, 1.54) is 0 Å². The molecule has 33 heavy (non-hydrogen) atoms. The number of fused-ring (bicyclic) bond motifs is 1. The summed E-state index contributed by atoms with van der Waals surface area (Å²) in [4.78, 5) is 29.8. The van der Waals surface area contributed by atoms with Gasteiger partial charge in [0.15, 0.2) is 0 Å². The van der Waals surface area contributed by atoms with Gasteiger partial charge in [-0.1, -0.05) is 12.1 Å². The number of methoxy groups -OCH3 is 1. The first-order valence-electron chi connectivity index (χ1n) is 11.2. The van der Waals surface area contributed by atoms with Gasteiger partial charge in [-0.05, 0) is 57.5 Å². The summed E-state index contributed by atoms with van der Waals surface area (Å²) in [5.41, 5.74) is 1.94. The summed E-state index contributed by atoms with van der Waals surface area (Å²) in [5.74, 6) is 0.703. The molecule has 0 saturated carbocycles. The van der Waals surface area contributed by atoms with Gasteiger partial charge in [-0.25, -0.2) is 4.79 Å². The first-order valence-corrected chi connectivity index (χ1v) is 11.2. The number of rotatable bonds is 4. The van der Waals surface area contributed by atoms with Crippen LogP contribution in [0.1, 0.15) is 43.7 Å². The topological polar surface area (TPSA) is 80.0 Å². The highest BCUT2D eigenvalue weighted by molar-refractivity contribution is 5.98. The third kappa shape index (κ3) is 4.84. The maximum absolute atomic E-state index is 13.6. The standard InChI is InChI=1S/C25H32N4O4/c1-17-15-27(10-11-28(17)24(31)26-25(2,3)4)22(30)21-14-19-9-12-33-23(19)29(21)16-18-7-6-8-20(13-18)32-5/h6-9,12-14,17H,10-11,15-16H2,1-5H3,(H,26,31). The molecule has 176 valence electrons. The fourth-order valence-corrected chi connectivity index (χ4v) is 4.26. The number of benzene rings is 1. The van der Waals surface area contributed by atoms with Crippen LogP contribution in [-0.4, -0.2) is 64.6 Å². The third-order valence-electron chi connectivity index (χ3n) is 5.85. The van der Waals surface area contributed by atoms with Gasteiger partial charge in [-0.3, -0.25) is 4.79 Å². The molecule has 4 rings (SSSR count). The largest absolute Gasteiger partial charge is 0.497 e. The van der Waals surface area contributed by atoms with Crippen LogP contribution in [0.2, 0.25) is 0 Å². The minimum absolute atomic E-state index is 0.0629. The highest BCUT2D eigenvalue weighted by atomic mass is 16.5. The summed E-state index contributed by atoms with van der Waals surface area (Å²) < 4.78 is 13.0. The number of urea groups is 1. The van der Waals surface area contributed by atoms with Crippen LogP contribution in [0, 0.1) is 0 Å². The molecular formula is C25H32N4O4. The van der Waals surface area contributed by atoms with E-state index in [0.717, 1.165) is 16.7 Å². The van der Waals surface area contributed by atoms with Gasteiger partial charge in [0.1, 0.15) is 11.4 Å². The van der Waals surface area contributed by atoms with Crippen molar-refractivity contribution in [3.63, 3.8) is 0 Å². The lowest BCUT2D eigenvalue weighted by atomic mass is 10.1. The molecule has 1 aliphatic heterocycles. The van der Waals surface area contributed by atoms with E-state index in [9.17, 15) is 9.59 Å².